The largest absolute Gasteiger partial charge is 0.474 e. The Balaban J connectivity index is 1.64. The number of nitrogens with zero attached hydrogens (tertiary/aromatic N) is 3. The fourth-order valence-corrected chi connectivity index (χ4v) is 7.04. The first-order chi connectivity index (χ1) is 18.2. The van der Waals surface area contributed by atoms with E-state index in [9.17, 15) is 27.2 Å². The number of alkyl halides is 3. The average molecular weight is 564 g/mol. The van der Waals surface area contributed by atoms with Gasteiger partial charge in [-0.3, -0.25) is 19.3 Å². The van der Waals surface area contributed by atoms with E-state index in [2.05, 4.69) is 0 Å². The molecular formula is C26H22F4N3O3PS. The third-order valence-electron chi connectivity index (χ3n) is 7.47. The molecule has 3 aliphatic heterocycles. The molecule has 1 unspecified atom stereocenters. The summed E-state index contributed by atoms with van der Waals surface area (Å²) < 4.78 is 63.0. The molecule has 1 fully saturated rings. The number of carbonyl (C=O) groups excluding carboxylic acids is 1. The summed E-state index contributed by atoms with van der Waals surface area (Å²) in [5.41, 5.74) is 1.64. The number of piperidine rings is 1. The number of aromatic nitrogens is 1. The van der Waals surface area contributed by atoms with Crippen LogP contribution in [0.1, 0.15) is 46.1 Å². The number of fused-ring (bicyclic) bond motifs is 4. The fraction of sp³-hybridized carbons (Fsp3) is 0.308. The van der Waals surface area contributed by atoms with E-state index in [1.807, 2.05) is 33.7 Å². The van der Waals surface area contributed by atoms with E-state index < -0.39 is 41.5 Å². The maximum Gasteiger partial charge on any atom is 0.392 e. The zero-order valence-corrected chi connectivity index (χ0v) is 21.8. The highest BCUT2D eigenvalue weighted by Crippen LogP contribution is 2.47. The number of pyridine rings is 1. The normalized spacial score (nSPS) is 22.7. The lowest BCUT2D eigenvalue weighted by Crippen LogP contribution is -2.65. The van der Waals surface area contributed by atoms with Crippen LogP contribution >= 0.6 is 21.2 Å². The summed E-state index contributed by atoms with van der Waals surface area (Å²) in [6, 6.07) is 12.5. The van der Waals surface area contributed by atoms with Crippen molar-refractivity contribution in [2.75, 3.05) is 11.6 Å². The van der Waals surface area contributed by atoms with Crippen molar-refractivity contribution in [2.24, 2.45) is 5.92 Å². The second kappa shape index (κ2) is 9.31. The lowest BCUT2D eigenvalue weighted by molar-refractivity contribution is -0.189. The van der Waals surface area contributed by atoms with Crippen LogP contribution in [0.3, 0.4) is 0 Å². The lowest BCUT2D eigenvalue weighted by Gasteiger charge is -2.53. The van der Waals surface area contributed by atoms with Crippen molar-refractivity contribution in [1.82, 2.24) is 9.58 Å². The molecule has 4 heterocycles. The lowest BCUT2D eigenvalue weighted by atomic mass is 9.89. The first-order valence-corrected chi connectivity index (χ1v) is 13.4. The topological polar surface area (TPSA) is 54.8 Å². The molecule has 0 bridgehead atoms. The minimum Gasteiger partial charge on any atom is -0.474 e. The zero-order valence-electron chi connectivity index (χ0n) is 19.8. The summed E-state index contributed by atoms with van der Waals surface area (Å²) in [7, 11) is 1.97. The third kappa shape index (κ3) is 3.98. The van der Waals surface area contributed by atoms with Crippen molar-refractivity contribution in [3.05, 3.63) is 93.2 Å². The Morgan fingerprint density at radius 2 is 1.84 bits per heavy atom. The number of benzene rings is 2. The van der Waals surface area contributed by atoms with Gasteiger partial charge < -0.3 is 9.42 Å². The highest BCUT2D eigenvalue weighted by molar-refractivity contribution is 7.98. The molecular weight excluding hydrogens is 541 g/mol. The molecule has 3 aliphatic rings. The third-order valence-corrected chi connectivity index (χ3v) is 8.84. The summed E-state index contributed by atoms with van der Waals surface area (Å²) in [6.45, 7) is -0.136. The smallest absolute Gasteiger partial charge is 0.392 e. The van der Waals surface area contributed by atoms with Gasteiger partial charge in [-0.15, -0.1) is 11.8 Å². The van der Waals surface area contributed by atoms with E-state index >= 15 is 0 Å². The average Bonchev–Trinajstić information content (AvgIpc) is 3.05. The highest BCUT2D eigenvalue weighted by atomic mass is 32.2. The van der Waals surface area contributed by atoms with E-state index in [1.165, 1.54) is 45.7 Å². The molecule has 0 aliphatic carbocycles. The van der Waals surface area contributed by atoms with Crippen LogP contribution in [0.25, 0.3) is 0 Å². The minimum absolute atomic E-state index is 0.0627. The van der Waals surface area contributed by atoms with Crippen LogP contribution in [0.15, 0.2) is 64.4 Å². The molecule has 3 aromatic rings. The number of halogens is 4. The number of amides is 1. The van der Waals surface area contributed by atoms with Crippen LogP contribution in [0, 0.1) is 11.7 Å². The molecule has 0 radical (unpaired) electrons. The van der Waals surface area contributed by atoms with E-state index in [1.54, 1.807) is 11.1 Å². The van der Waals surface area contributed by atoms with Crippen molar-refractivity contribution in [1.29, 1.82) is 0 Å². The van der Waals surface area contributed by atoms with E-state index in [-0.39, 0.29) is 30.8 Å². The van der Waals surface area contributed by atoms with Crippen molar-refractivity contribution in [3.8, 4) is 5.75 Å². The number of rotatable bonds is 2. The Morgan fingerprint density at radius 3 is 2.61 bits per heavy atom. The minimum atomic E-state index is -4.43. The van der Waals surface area contributed by atoms with Crippen LogP contribution in [0.5, 0.6) is 5.75 Å². The van der Waals surface area contributed by atoms with Crippen LogP contribution in [-0.4, -0.2) is 34.4 Å². The van der Waals surface area contributed by atoms with Gasteiger partial charge in [0.2, 0.25) is 11.2 Å². The predicted molar refractivity (Wildman–Crippen MR) is 137 cm³/mol. The quantitative estimate of drug-likeness (QED) is 0.315. The first kappa shape index (κ1) is 25.2. The van der Waals surface area contributed by atoms with Gasteiger partial charge in [-0.25, -0.2) is 4.39 Å². The highest BCUT2D eigenvalue weighted by Gasteiger charge is 2.52. The van der Waals surface area contributed by atoms with E-state index in [0.29, 0.717) is 16.9 Å². The zero-order chi connectivity index (χ0) is 26.8. The molecule has 38 heavy (non-hydrogen) atoms. The van der Waals surface area contributed by atoms with Gasteiger partial charge in [0.05, 0.1) is 21.4 Å². The summed E-state index contributed by atoms with van der Waals surface area (Å²) in [5, 5.41) is 1.72. The van der Waals surface area contributed by atoms with Gasteiger partial charge in [0.15, 0.2) is 5.69 Å². The predicted octanol–water partition coefficient (Wildman–Crippen LogP) is 5.24. The van der Waals surface area contributed by atoms with Crippen LogP contribution in [0.4, 0.5) is 17.6 Å². The van der Waals surface area contributed by atoms with Gasteiger partial charge in [0, 0.05) is 29.5 Å². The molecule has 6 rings (SSSR count). The summed E-state index contributed by atoms with van der Waals surface area (Å²) in [5.74, 6) is -2.34. The maximum absolute atomic E-state index is 14.4. The molecule has 6 nitrogen and oxygen atoms in total. The number of thioether (sulfide) groups is 1. The molecule has 12 heteroatoms. The first-order valence-electron chi connectivity index (χ1n) is 12.0. The van der Waals surface area contributed by atoms with Gasteiger partial charge in [-0.05, 0) is 47.7 Å². The maximum atomic E-state index is 14.4. The van der Waals surface area contributed by atoms with E-state index in [0.717, 1.165) is 10.5 Å². The fourth-order valence-electron chi connectivity index (χ4n) is 5.73. The van der Waals surface area contributed by atoms with Crippen molar-refractivity contribution in [2.45, 2.75) is 41.9 Å². The molecule has 1 amide bonds. The molecule has 1 aromatic heterocycles. The Hall–Kier alpha value is -3.04. The number of carbonyl (C=O) groups is 1. The van der Waals surface area contributed by atoms with Crippen molar-refractivity contribution in [3.63, 3.8) is 0 Å². The molecule has 0 spiro atoms. The van der Waals surface area contributed by atoms with Crippen molar-refractivity contribution < 1.29 is 26.9 Å². The number of hydrogen-bond donors (Lipinski definition) is 0. The second-order valence-electron chi connectivity index (χ2n) is 9.51. The monoisotopic (exact) mass is 563 g/mol. The van der Waals surface area contributed by atoms with Crippen LogP contribution in [0.2, 0.25) is 0 Å². The second-order valence-corrected chi connectivity index (χ2v) is 10.8. The van der Waals surface area contributed by atoms with Gasteiger partial charge >= 0.3 is 6.18 Å². The summed E-state index contributed by atoms with van der Waals surface area (Å²) in [4.78, 5) is 28.6. The Labute approximate surface area is 221 Å². The van der Waals surface area contributed by atoms with E-state index in [4.69, 9.17) is 4.52 Å². The van der Waals surface area contributed by atoms with Crippen molar-refractivity contribution >= 4 is 27.1 Å². The van der Waals surface area contributed by atoms with Crippen LogP contribution in [-0.2, 0) is 5.75 Å². The molecule has 198 valence electrons. The Morgan fingerprint density at radius 1 is 1.05 bits per heavy atom. The number of hydrogen-bond acceptors (Lipinski definition) is 5. The SMILES string of the molecule is O=C1c2c(OP)c(=O)ccn2N([C@H]2c3ccc(F)cc3CSc3ccccc32)[C@@H]2C[C@H](C(F)(F)F)CCN12. The summed E-state index contributed by atoms with van der Waals surface area (Å²) >= 11 is 1.51. The van der Waals surface area contributed by atoms with Gasteiger partial charge in [0.1, 0.15) is 12.0 Å². The summed E-state index contributed by atoms with van der Waals surface area (Å²) in [6.07, 6.45) is -4.60. The molecule has 0 N–H and O–H groups in total. The Kier molecular flexibility index (Phi) is 6.18. The molecule has 1 saturated heterocycles. The van der Waals surface area contributed by atoms with Gasteiger partial charge in [-0.2, -0.15) is 13.2 Å². The standard InChI is InChI=1S/C26H22F4N3O3PS/c27-16-5-6-17-14(11-16)13-38-20-4-2-1-3-18(20)22(17)33-21-12-15(26(28,29)30)7-9-31(21)25(35)23-24(36-37)19(34)8-10-32(23)33/h1-6,8,10-11,15,21-22H,7,9,12-13,37H2/t15-,21-,22+/m1/s1. The Bertz CT molecular complexity index is 1500. The molecule has 2 aromatic carbocycles. The molecule has 0 saturated carbocycles. The van der Waals surface area contributed by atoms with Gasteiger partial charge in [0.25, 0.3) is 5.91 Å². The van der Waals surface area contributed by atoms with Crippen LogP contribution < -0.4 is 15.0 Å². The van der Waals surface area contributed by atoms with Gasteiger partial charge in [-0.1, -0.05) is 24.3 Å². The molecule has 4 atom stereocenters.